The van der Waals surface area contributed by atoms with Crippen LogP contribution in [0.5, 0.6) is 0 Å². The standard InChI is InChI=1S/C13H24BN3O5/c1-13(2,3)22-12(18)16(4)6-7-21-9-11-10(14(19)20)8-17(5)15-11/h8,19-20H,6-7,9H2,1-5H3. The van der Waals surface area contributed by atoms with E-state index in [1.807, 2.05) is 0 Å². The molecule has 1 aromatic heterocycles. The van der Waals surface area contributed by atoms with Gasteiger partial charge in [-0.05, 0) is 20.8 Å². The van der Waals surface area contributed by atoms with Crippen LogP contribution in [0.2, 0.25) is 0 Å². The normalized spacial score (nSPS) is 11.4. The zero-order valence-electron chi connectivity index (χ0n) is 13.7. The van der Waals surface area contributed by atoms with E-state index in [1.165, 1.54) is 15.8 Å². The molecule has 1 heterocycles. The second-order valence-corrected chi connectivity index (χ2v) is 6.03. The third-order valence-corrected chi connectivity index (χ3v) is 2.73. The Kier molecular flexibility index (Phi) is 6.40. The Morgan fingerprint density at radius 3 is 2.64 bits per heavy atom. The van der Waals surface area contributed by atoms with Crippen LogP contribution in [0, 0.1) is 0 Å². The molecule has 0 saturated carbocycles. The van der Waals surface area contributed by atoms with Crippen molar-refractivity contribution in [3.05, 3.63) is 11.9 Å². The van der Waals surface area contributed by atoms with Gasteiger partial charge in [-0.3, -0.25) is 4.68 Å². The number of hydrogen-bond donors (Lipinski definition) is 2. The molecule has 1 aromatic rings. The topological polar surface area (TPSA) is 97.0 Å². The number of amides is 1. The fourth-order valence-corrected chi connectivity index (χ4v) is 1.68. The number of hydrogen-bond acceptors (Lipinski definition) is 6. The van der Waals surface area contributed by atoms with Gasteiger partial charge in [0, 0.05) is 32.3 Å². The van der Waals surface area contributed by atoms with Gasteiger partial charge in [0.2, 0.25) is 0 Å². The number of likely N-dealkylation sites (N-methyl/N-ethyl adjacent to an activating group) is 1. The van der Waals surface area contributed by atoms with Crippen LogP contribution in [-0.4, -0.2) is 63.7 Å². The van der Waals surface area contributed by atoms with E-state index >= 15 is 0 Å². The maximum atomic E-state index is 11.7. The molecule has 0 spiro atoms. The Hall–Kier alpha value is -1.58. The molecule has 0 aliphatic heterocycles. The molecule has 0 fully saturated rings. The predicted molar refractivity (Wildman–Crippen MR) is 81.6 cm³/mol. The summed E-state index contributed by atoms with van der Waals surface area (Å²) in [7, 11) is 1.73. The van der Waals surface area contributed by atoms with Crippen molar-refractivity contribution in [2.24, 2.45) is 7.05 Å². The molecule has 124 valence electrons. The summed E-state index contributed by atoms with van der Waals surface area (Å²) in [5.41, 5.74) is 0.229. The van der Waals surface area contributed by atoms with E-state index in [0.717, 1.165) is 0 Å². The number of aryl methyl sites for hydroxylation is 1. The van der Waals surface area contributed by atoms with Crippen molar-refractivity contribution in [1.29, 1.82) is 0 Å². The molecule has 0 atom stereocenters. The molecule has 1 rings (SSSR count). The third kappa shape index (κ3) is 6.04. The van der Waals surface area contributed by atoms with Crippen LogP contribution < -0.4 is 5.46 Å². The van der Waals surface area contributed by atoms with Gasteiger partial charge in [0.1, 0.15) is 5.60 Å². The molecule has 0 aliphatic carbocycles. The van der Waals surface area contributed by atoms with Crippen LogP contribution in [0.3, 0.4) is 0 Å². The molecule has 0 unspecified atom stereocenters. The van der Waals surface area contributed by atoms with Crippen molar-refractivity contribution >= 4 is 18.7 Å². The highest BCUT2D eigenvalue weighted by Gasteiger charge is 2.21. The fourth-order valence-electron chi connectivity index (χ4n) is 1.68. The molecular weight excluding hydrogens is 289 g/mol. The molecule has 9 heteroatoms. The monoisotopic (exact) mass is 313 g/mol. The van der Waals surface area contributed by atoms with Gasteiger partial charge in [0.05, 0.1) is 18.9 Å². The summed E-state index contributed by atoms with van der Waals surface area (Å²) in [5.74, 6) is 0. The lowest BCUT2D eigenvalue weighted by Crippen LogP contribution is -2.36. The highest BCUT2D eigenvalue weighted by atomic mass is 16.6. The minimum Gasteiger partial charge on any atom is -0.444 e. The summed E-state index contributed by atoms with van der Waals surface area (Å²) in [6.45, 7) is 6.19. The molecule has 8 nitrogen and oxygen atoms in total. The molecule has 0 aromatic carbocycles. The molecular formula is C13H24BN3O5. The lowest BCUT2D eigenvalue weighted by molar-refractivity contribution is 0.0220. The minimum atomic E-state index is -1.59. The summed E-state index contributed by atoms with van der Waals surface area (Å²) in [6.07, 6.45) is 1.11. The molecule has 22 heavy (non-hydrogen) atoms. The van der Waals surface area contributed by atoms with Gasteiger partial charge in [-0.1, -0.05) is 0 Å². The fraction of sp³-hybridized carbons (Fsp3) is 0.692. The van der Waals surface area contributed by atoms with Crippen molar-refractivity contribution in [2.75, 3.05) is 20.2 Å². The number of rotatable bonds is 6. The van der Waals surface area contributed by atoms with Crippen LogP contribution in [0.1, 0.15) is 26.5 Å². The van der Waals surface area contributed by atoms with Crippen molar-refractivity contribution in [1.82, 2.24) is 14.7 Å². The first-order valence-electron chi connectivity index (χ1n) is 7.00. The highest BCUT2D eigenvalue weighted by Crippen LogP contribution is 2.08. The van der Waals surface area contributed by atoms with Crippen molar-refractivity contribution in [3.63, 3.8) is 0 Å². The van der Waals surface area contributed by atoms with Crippen LogP contribution >= 0.6 is 0 Å². The van der Waals surface area contributed by atoms with Gasteiger partial charge in [0.25, 0.3) is 0 Å². The summed E-state index contributed by atoms with van der Waals surface area (Å²) in [6, 6.07) is 0. The number of ether oxygens (including phenoxy) is 2. The molecule has 2 N–H and O–H groups in total. The van der Waals surface area contributed by atoms with Crippen LogP contribution in [0.25, 0.3) is 0 Å². The van der Waals surface area contributed by atoms with E-state index in [-0.39, 0.29) is 13.2 Å². The second-order valence-electron chi connectivity index (χ2n) is 6.03. The minimum absolute atomic E-state index is 0.135. The summed E-state index contributed by atoms with van der Waals surface area (Å²) < 4.78 is 12.1. The van der Waals surface area contributed by atoms with Crippen molar-refractivity contribution in [2.45, 2.75) is 33.0 Å². The lowest BCUT2D eigenvalue weighted by Gasteiger charge is -2.24. The van der Waals surface area contributed by atoms with Gasteiger partial charge in [0.15, 0.2) is 0 Å². The average Bonchev–Trinajstić information content (AvgIpc) is 2.73. The number of carbonyl (C=O) groups excluding carboxylic acids is 1. The predicted octanol–water partition coefficient (Wildman–Crippen LogP) is -0.517. The van der Waals surface area contributed by atoms with Crippen molar-refractivity contribution in [3.8, 4) is 0 Å². The van der Waals surface area contributed by atoms with E-state index in [1.54, 1.807) is 34.9 Å². The van der Waals surface area contributed by atoms with Gasteiger partial charge in [-0.25, -0.2) is 4.79 Å². The summed E-state index contributed by atoms with van der Waals surface area (Å²) >= 11 is 0. The van der Waals surface area contributed by atoms with Gasteiger partial charge in [-0.15, -0.1) is 0 Å². The summed E-state index contributed by atoms with van der Waals surface area (Å²) in [5, 5.41) is 22.5. The Balaban J connectivity index is 2.38. The largest absolute Gasteiger partial charge is 0.492 e. The Bertz CT molecular complexity index is 498. The van der Waals surface area contributed by atoms with Crippen LogP contribution in [0.4, 0.5) is 4.79 Å². The van der Waals surface area contributed by atoms with Crippen molar-refractivity contribution < 1.29 is 24.3 Å². The first-order valence-corrected chi connectivity index (χ1v) is 7.00. The quantitative estimate of drug-likeness (QED) is 0.542. The third-order valence-electron chi connectivity index (χ3n) is 2.73. The zero-order valence-corrected chi connectivity index (χ0v) is 13.7. The van der Waals surface area contributed by atoms with E-state index in [0.29, 0.717) is 17.7 Å². The summed E-state index contributed by atoms with van der Waals surface area (Å²) in [4.78, 5) is 13.2. The molecule has 0 aliphatic rings. The first kappa shape index (κ1) is 18.5. The van der Waals surface area contributed by atoms with Gasteiger partial charge < -0.3 is 24.4 Å². The first-order chi connectivity index (χ1) is 10.1. The Morgan fingerprint density at radius 1 is 1.45 bits per heavy atom. The second kappa shape index (κ2) is 7.62. The number of aromatic nitrogens is 2. The van der Waals surface area contributed by atoms with E-state index in [9.17, 15) is 14.8 Å². The highest BCUT2D eigenvalue weighted by molar-refractivity contribution is 6.59. The van der Waals surface area contributed by atoms with E-state index in [4.69, 9.17) is 9.47 Å². The maximum absolute atomic E-state index is 11.7. The Labute approximate surface area is 130 Å². The van der Waals surface area contributed by atoms with Gasteiger partial charge >= 0.3 is 13.2 Å². The molecule has 0 bridgehead atoms. The lowest BCUT2D eigenvalue weighted by atomic mass is 9.81. The number of nitrogens with zero attached hydrogens (tertiary/aromatic N) is 3. The van der Waals surface area contributed by atoms with Crippen LogP contribution in [-0.2, 0) is 23.1 Å². The molecule has 0 radical (unpaired) electrons. The Morgan fingerprint density at radius 2 is 2.09 bits per heavy atom. The molecule has 1 amide bonds. The molecule has 0 saturated heterocycles. The van der Waals surface area contributed by atoms with E-state index < -0.39 is 18.8 Å². The maximum Gasteiger partial charge on any atom is 0.492 e. The zero-order chi connectivity index (χ0) is 16.9. The number of carbonyl (C=O) groups is 1. The van der Waals surface area contributed by atoms with Crippen LogP contribution in [0.15, 0.2) is 6.20 Å². The average molecular weight is 313 g/mol. The SMILES string of the molecule is CN(CCOCc1nn(C)cc1B(O)O)C(=O)OC(C)(C)C. The smallest absolute Gasteiger partial charge is 0.444 e. The van der Waals surface area contributed by atoms with E-state index in [2.05, 4.69) is 5.10 Å². The van der Waals surface area contributed by atoms with Gasteiger partial charge in [-0.2, -0.15) is 5.10 Å².